The third kappa shape index (κ3) is 5.62. The molecule has 3 aliphatic rings. The topological polar surface area (TPSA) is 104 Å². The Kier molecular flexibility index (Phi) is 8.07. The second-order valence-electron chi connectivity index (χ2n) is 11.8. The Hall–Kier alpha value is -4.57. The Balaban J connectivity index is 1.44. The molecule has 0 aromatic heterocycles. The molecular weight excluding hydrogens is 562 g/mol. The molecule has 0 bridgehead atoms. The second kappa shape index (κ2) is 11.6. The fourth-order valence-electron chi connectivity index (χ4n) is 5.84. The van der Waals surface area contributed by atoms with Gasteiger partial charge in [-0.3, -0.25) is 19.2 Å². The number of hydrogen-bond donors (Lipinski definition) is 0. The fraction of sp³-hybridized carbons (Fsp3) is 0.303. The van der Waals surface area contributed by atoms with E-state index in [4.69, 9.17) is 4.84 Å². The fourth-order valence-corrected chi connectivity index (χ4v) is 8.91. The number of rotatable bonds is 8. The van der Waals surface area contributed by atoms with Crippen LogP contribution in [0.4, 0.5) is 5.69 Å². The zero-order chi connectivity index (χ0) is 31.1. The van der Waals surface area contributed by atoms with Gasteiger partial charge in [-0.15, -0.1) is 5.06 Å². The molecular formula is C33H35N3O6Si. The van der Waals surface area contributed by atoms with Crippen molar-refractivity contribution < 1.29 is 28.8 Å². The summed E-state index contributed by atoms with van der Waals surface area (Å²) >= 11 is 0. The molecule has 0 N–H and O–H groups in total. The number of fused-ring (bicyclic) bond motifs is 2. The molecule has 1 fully saturated rings. The lowest BCUT2D eigenvalue weighted by Gasteiger charge is -2.38. The first-order valence-electron chi connectivity index (χ1n) is 14.3. The number of nitrogens with zero attached hydrogens (tertiary/aromatic N) is 3. The normalized spacial score (nSPS) is 17.0. The van der Waals surface area contributed by atoms with E-state index in [0.29, 0.717) is 17.0 Å². The van der Waals surface area contributed by atoms with Gasteiger partial charge in [-0.2, -0.15) is 0 Å². The van der Waals surface area contributed by atoms with E-state index in [-0.39, 0.29) is 37.5 Å². The van der Waals surface area contributed by atoms with E-state index in [0.717, 1.165) is 33.2 Å². The first-order valence-corrected chi connectivity index (χ1v) is 17.3. The smallest absolute Gasteiger partial charge is 0.333 e. The number of imide groups is 1. The van der Waals surface area contributed by atoms with Crippen molar-refractivity contribution >= 4 is 54.0 Å². The van der Waals surface area contributed by atoms with Gasteiger partial charge in [0.05, 0.1) is 0 Å². The molecule has 0 atom stereocenters. The summed E-state index contributed by atoms with van der Waals surface area (Å²) in [6, 6.07) is 13.9. The van der Waals surface area contributed by atoms with Gasteiger partial charge in [-0.05, 0) is 69.4 Å². The van der Waals surface area contributed by atoms with E-state index in [1.165, 1.54) is 5.19 Å². The Morgan fingerprint density at radius 2 is 1.63 bits per heavy atom. The molecule has 2 aromatic rings. The molecule has 0 spiro atoms. The van der Waals surface area contributed by atoms with Crippen LogP contribution in [0.15, 0.2) is 71.5 Å². The molecule has 3 amide bonds. The summed E-state index contributed by atoms with van der Waals surface area (Å²) < 4.78 is 0. The molecule has 43 heavy (non-hydrogen) atoms. The molecule has 1 saturated heterocycles. The van der Waals surface area contributed by atoms with Crippen LogP contribution in [-0.4, -0.2) is 75.2 Å². The minimum Gasteiger partial charge on any atom is -0.378 e. The van der Waals surface area contributed by atoms with Crippen LogP contribution in [0.25, 0.3) is 5.57 Å². The number of benzene rings is 2. The van der Waals surface area contributed by atoms with Gasteiger partial charge < -0.3 is 14.6 Å². The van der Waals surface area contributed by atoms with Gasteiger partial charge in [0.25, 0.3) is 17.7 Å². The lowest BCUT2D eigenvalue weighted by Crippen LogP contribution is -2.49. The Labute approximate surface area is 252 Å². The number of carbonyl (C=O) groups excluding carboxylic acids is 5. The SMILES string of the molecule is CN(CCCC(=O)ON1C(=O)CCC1=O)C(=O)c1ccccc1C1=C2C=CC(=O)C=C2[Si](C)(C)c2cc(N(C)C)ccc21. The lowest BCUT2D eigenvalue weighted by atomic mass is 9.87. The molecule has 222 valence electrons. The van der Waals surface area contributed by atoms with Crippen molar-refractivity contribution in [2.75, 3.05) is 32.6 Å². The van der Waals surface area contributed by atoms with Crippen LogP contribution in [0.2, 0.25) is 13.1 Å². The highest BCUT2D eigenvalue weighted by Gasteiger charge is 2.40. The summed E-state index contributed by atoms with van der Waals surface area (Å²) in [6.07, 6.45) is 5.53. The van der Waals surface area contributed by atoms with Gasteiger partial charge >= 0.3 is 5.97 Å². The first-order chi connectivity index (χ1) is 20.4. The molecule has 5 rings (SSSR count). The van der Waals surface area contributed by atoms with Crippen molar-refractivity contribution in [2.45, 2.75) is 38.8 Å². The highest BCUT2D eigenvalue weighted by Crippen LogP contribution is 2.42. The van der Waals surface area contributed by atoms with Gasteiger partial charge in [0, 0.05) is 58.2 Å². The van der Waals surface area contributed by atoms with Crippen LogP contribution in [0.1, 0.15) is 47.2 Å². The van der Waals surface area contributed by atoms with Crippen molar-refractivity contribution in [1.82, 2.24) is 9.96 Å². The number of allylic oxidation sites excluding steroid dienone is 5. The van der Waals surface area contributed by atoms with E-state index in [2.05, 4.69) is 36.2 Å². The molecule has 0 radical (unpaired) electrons. The monoisotopic (exact) mass is 597 g/mol. The maximum atomic E-state index is 13.8. The average Bonchev–Trinajstić information content (AvgIpc) is 3.29. The highest BCUT2D eigenvalue weighted by atomic mass is 28.3. The number of hydrogen-bond acceptors (Lipinski definition) is 7. The quantitative estimate of drug-likeness (QED) is 0.339. The minimum absolute atomic E-state index is 0.0330. The average molecular weight is 598 g/mol. The maximum absolute atomic E-state index is 13.8. The summed E-state index contributed by atoms with van der Waals surface area (Å²) in [6.45, 7) is 4.77. The predicted octanol–water partition coefficient (Wildman–Crippen LogP) is 3.55. The molecule has 2 heterocycles. The standard InChI is InChI=1S/C33H35N3O6Si/c1-34(2)21-12-14-25-27(19-21)43(4,5)28-20-22(37)13-15-26(28)32(25)23-9-6-7-10-24(23)33(41)35(3)18-8-11-31(40)42-36-29(38)16-17-30(36)39/h6-7,9-10,12-15,19-20H,8,11,16-18H2,1-5H3. The van der Waals surface area contributed by atoms with E-state index in [1.807, 2.05) is 38.4 Å². The lowest BCUT2D eigenvalue weighted by molar-refractivity contribution is -0.197. The molecule has 0 saturated carbocycles. The van der Waals surface area contributed by atoms with Crippen molar-refractivity contribution in [3.05, 3.63) is 88.2 Å². The Bertz CT molecular complexity index is 1640. The Morgan fingerprint density at radius 3 is 2.33 bits per heavy atom. The Morgan fingerprint density at radius 1 is 0.930 bits per heavy atom. The molecule has 10 heteroatoms. The van der Waals surface area contributed by atoms with E-state index in [1.54, 1.807) is 30.2 Å². The van der Waals surface area contributed by atoms with Gasteiger partial charge in [0.2, 0.25) is 0 Å². The predicted molar refractivity (Wildman–Crippen MR) is 166 cm³/mol. The molecule has 0 unspecified atom stereocenters. The van der Waals surface area contributed by atoms with Crippen LogP contribution in [0.3, 0.4) is 0 Å². The van der Waals surface area contributed by atoms with E-state index in [9.17, 15) is 24.0 Å². The third-order valence-electron chi connectivity index (χ3n) is 8.24. The van der Waals surface area contributed by atoms with Crippen molar-refractivity contribution in [3.63, 3.8) is 0 Å². The van der Waals surface area contributed by atoms with E-state index < -0.39 is 25.9 Å². The highest BCUT2D eigenvalue weighted by molar-refractivity contribution is 6.98. The number of carbonyl (C=O) groups is 5. The van der Waals surface area contributed by atoms with Crippen LogP contribution in [-0.2, 0) is 24.0 Å². The second-order valence-corrected chi connectivity index (χ2v) is 16.1. The molecule has 1 aliphatic carbocycles. The van der Waals surface area contributed by atoms with Gasteiger partial charge in [0.15, 0.2) is 5.78 Å². The van der Waals surface area contributed by atoms with Crippen molar-refractivity contribution in [2.24, 2.45) is 0 Å². The third-order valence-corrected chi connectivity index (χ3v) is 11.8. The van der Waals surface area contributed by atoms with Crippen molar-refractivity contribution in [1.29, 1.82) is 0 Å². The largest absolute Gasteiger partial charge is 0.378 e. The number of hydroxylamine groups is 2. The van der Waals surface area contributed by atoms with Crippen LogP contribution < -0.4 is 10.1 Å². The minimum atomic E-state index is -2.26. The van der Waals surface area contributed by atoms with Gasteiger partial charge in [-0.25, -0.2) is 4.79 Å². The summed E-state index contributed by atoms with van der Waals surface area (Å²) in [5, 5.41) is 2.78. The molecule has 2 aliphatic heterocycles. The number of anilines is 1. The summed E-state index contributed by atoms with van der Waals surface area (Å²) in [5.74, 6) is -2.00. The van der Waals surface area contributed by atoms with Gasteiger partial charge in [-0.1, -0.05) is 43.4 Å². The zero-order valence-corrected chi connectivity index (χ0v) is 26.1. The van der Waals surface area contributed by atoms with Crippen LogP contribution in [0.5, 0.6) is 0 Å². The first kappa shape index (κ1) is 29.9. The van der Waals surface area contributed by atoms with Crippen molar-refractivity contribution in [3.8, 4) is 0 Å². The van der Waals surface area contributed by atoms with E-state index >= 15 is 0 Å². The summed E-state index contributed by atoms with van der Waals surface area (Å²) in [5.41, 5.74) is 5.30. The summed E-state index contributed by atoms with van der Waals surface area (Å²) in [4.78, 5) is 70.7. The summed E-state index contributed by atoms with van der Waals surface area (Å²) in [7, 11) is 3.42. The van der Waals surface area contributed by atoms with Gasteiger partial charge in [0.1, 0.15) is 8.07 Å². The molecule has 2 aromatic carbocycles. The maximum Gasteiger partial charge on any atom is 0.333 e. The van der Waals surface area contributed by atoms with Crippen LogP contribution in [0, 0.1) is 0 Å². The number of amides is 3. The van der Waals surface area contributed by atoms with Crippen LogP contribution >= 0.6 is 0 Å². The number of ketones is 1. The zero-order valence-electron chi connectivity index (χ0n) is 25.1. The molecule has 9 nitrogen and oxygen atoms in total.